The summed E-state index contributed by atoms with van der Waals surface area (Å²) in [4.78, 5) is 21.0. The van der Waals surface area contributed by atoms with Crippen molar-refractivity contribution in [2.45, 2.75) is 19.0 Å². The van der Waals surface area contributed by atoms with Crippen molar-refractivity contribution < 1.29 is 9.32 Å². The van der Waals surface area contributed by atoms with E-state index in [0.29, 0.717) is 16.7 Å². The lowest BCUT2D eigenvalue weighted by Gasteiger charge is -2.09. The zero-order chi connectivity index (χ0) is 16.9. The van der Waals surface area contributed by atoms with Crippen molar-refractivity contribution in [2.75, 3.05) is 22.9 Å². The van der Waals surface area contributed by atoms with E-state index in [1.54, 1.807) is 13.0 Å². The van der Waals surface area contributed by atoms with E-state index in [1.807, 2.05) is 31.2 Å². The van der Waals surface area contributed by atoms with E-state index in [1.165, 1.54) is 11.8 Å². The van der Waals surface area contributed by atoms with Crippen molar-refractivity contribution in [3.63, 3.8) is 0 Å². The Morgan fingerprint density at radius 3 is 2.88 bits per heavy atom. The fourth-order valence-electron chi connectivity index (χ4n) is 2.16. The molecule has 124 valence electrons. The Labute approximate surface area is 143 Å². The number of aryl methyl sites for hydroxylation is 1. The van der Waals surface area contributed by atoms with Crippen molar-refractivity contribution in [3.8, 4) is 0 Å². The average Bonchev–Trinajstić information content (AvgIpc) is 2.98. The SMILES string of the molecule is CCNc1nc(SCC(=O)Nc2cc(C)on2)nc2ccccc12. The van der Waals surface area contributed by atoms with Gasteiger partial charge in [-0.2, -0.15) is 0 Å². The fraction of sp³-hybridized carbons (Fsp3) is 0.250. The first-order valence-corrected chi connectivity index (χ1v) is 8.51. The molecule has 0 saturated heterocycles. The molecule has 0 atom stereocenters. The van der Waals surface area contributed by atoms with E-state index >= 15 is 0 Å². The molecule has 24 heavy (non-hydrogen) atoms. The van der Waals surface area contributed by atoms with Crippen LogP contribution >= 0.6 is 11.8 Å². The van der Waals surface area contributed by atoms with Crippen molar-refractivity contribution in [1.29, 1.82) is 0 Å². The zero-order valence-corrected chi connectivity index (χ0v) is 14.2. The molecule has 8 heteroatoms. The maximum atomic E-state index is 12.0. The summed E-state index contributed by atoms with van der Waals surface area (Å²) in [6.45, 7) is 4.54. The standard InChI is InChI=1S/C16H17N5O2S/c1-3-17-15-11-6-4-5-7-12(11)18-16(20-15)24-9-14(22)19-13-8-10(2)23-21-13/h4-8H,3,9H2,1-2H3,(H,17,18,20)(H,19,21,22). The summed E-state index contributed by atoms with van der Waals surface area (Å²) >= 11 is 1.28. The van der Waals surface area contributed by atoms with Crippen LogP contribution in [-0.4, -0.2) is 33.3 Å². The Morgan fingerprint density at radius 1 is 1.29 bits per heavy atom. The summed E-state index contributed by atoms with van der Waals surface area (Å²) in [6, 6.07) is 9.45. The fourth-order valence-corrected chi connectivity index (χ4v) is 2.81. The third-order valence-corrected chi connectivity index (χ3v) is 4.00. The summed E-state index contributed by atoms with van der Waals surface area (Å²) in [7, 11) is 0. The van der Waals surface area contributed by atoms with Crippen molar-refractivity contribution >= 4 is 40.2 Å². The Bertz CT molecular complexity index is 865. The first-order chi connectivity index (χ1) is 11.7. The molecule has 0 aliphatic rings. The highest BCUT2D eigenvalue weighted by atomic mass is 32.2. The van der Waals surface area contributed by atoms with Gasteiger partial charge in [-0.1, -0.05) is 29.1 Å². The lowest BCUT2D eigenvalue weighted by molar-refractivity contribution is -0.113. The van der Waals surface area contributed by atoms with Crippen LogP contribution in [0.15, 0.2) is 40.0 Å². The molecule has 0 radical (unpaired) electrons. The van der Waals surface area contributed by atoms with E-state index in [-0.39, 0.29) is 11.7 Å². The Balaban J connectivity index is 1.71. The molecule has 2 aromatic heterocycles. The normalized spacial score (nSPS) is 10.8. The Kier molecular flexibility index (Phi) is 4.95. The summed E-state index contributed by atoms with van der Waals surface area (Å²) < 4.78 is 4.91. The number of carbonyl (C=O) groups is 1. The number of carbonyl (C=O) groups excluding carboxylic acids is 1. The highest BCUT2D eigenvalue weighted by Crippen LogP contribution is 2.24. The van der Waals surface area contributed by atoms with Crippen molar-refractivity contribution in [2.24, 2.45) is 0 Å². The number of hydrogen-bond donors (Lipinski definition) is 2. The molecule has 0 unspecified atom stereocenters. The van der Waals surface area contributed by atoms with Gasteiger partial charge in [0.25, 0.3) is 0 Å². The van der Waals surface area contributed by atoms with Gasteiger partial charge in [0.1, 0.15) is 11.6 Å². The molecule has 0 aliphatic carbocycles. The molecule has 1 amide bonds. The molecule has 7 nitrogen and oxygen atoms in total. The van der Waals surface area contributed by atoms with Gasteiger partial charge in [0.05, 0.1) is 11.3 Å². The average molecular weight is 343 g/mol. The molecular weight excluding hydrogens is 326 g/mol. The molecular formula is C16H17N5O2S. The summed E-state index contributed by atoms with van der Waals surface area (Å²) in [5.74, 6) is 1.83. The maximum absolute atomic E-state index is 12.0. The molecule has 0 fully saturated rings. The van der Waals surface area contributed by atoms with Gasteiger partial charge in [0.2, 0.25) is 5.91 Å². The second kappa shape index (κ2) is 7.31. The molecule has 2 N–H and O–H groups in total. The minimum absolute atomic E-state index is 0.185. The largest absolute Gasteiger partial charge is 0.370 e. The Morgan fingerprint density at radius 2 is 2.12 bits per heavy atom. The number of para-hydroxylation sites is 1. The second-order valence-corrected chi connectivity index (χ2v) is 6.00. The number of amides is 1. The van der Waals surface area contributed by atoms with E-state index in [2.05, 4.69) is 25.8 Å². The van der Waals surface area contributed by atoms with E-state index in [9.17, 15) is 4.79 Å². The van der Waals surface area contributed by atoms with Gasteiger partial charge in [-0.05, 0) is 26.0 Å². The number of anilines is 2. The Hall–Kier alpha value is -2.61. The van der Waals surface area contributed by atoms with Crippen LogP contribution in [0.3, 0.4) is 0 Å². The zero-order valence-electron chi connectivity index (χ0n) is 13.4. The first-order valence-electron chi connectivity index (χ1n) is 7.52. The van der Waals surface area contributed by atoms with Crippen LogP contribution in [0, 0.1) is 6.92 Å². The predicted octanol–water partition coefficient (Wildman–Crippen LogP) is 3.09. The lowest BCUT2D eigenvalue weighted by atomic mass is 10.2. The van der Waals surface area contributed by atoms with Crippen LogP contribution in [0.5, 0.6) is 0 Å². The first kappa shape index (κ1) is 16.3. The summed E-state index contributed by atoms with van der Waals surface area (Å²) in [6.07, 6.45) is 0. The number of fused-ring (bicyclic) bond motifs is 1. The van der Waals surface area contributed by atoms with E-state index in [4.69, 9.17) is 4.52 Å². The third kappa shape index (κ3) is 3.83. The van der Waals surface area contributed by atoms with Gasteiger partial charge < -0.3 is 15.2 Å². The van der Waals surface area contributed by atoms with Crippen molar-refractivity contribution in [1.82, 2.24) is 15.1 Å². The van der Waals surface area contributed by atoms with Crippen LogP contribution in [0.4, 0.5) is 11.6 Å². The van der Waals surface area contributed by atoms with Gasteiger partial charge in [0.15, 0.2) is 11.0 Å². The molecule has 1 aromatic carbocycles. The molecule has 3 rings (SSSR count). The lowest BCUT2D eigenvalue weighted by Crippen LogP contribution is -2.14. The number of hydrogen-bond acceptors (Lipinski definition) is 7. The molecule has 3 aromatic rings. The number of nitrogens with one attached hydrogen (secondary N) is 2. The van der Waals surface area contributed by atoms with Gasteiger partial charge >= 0.3 is 0 Å². The molecule has 0 saturated carbocycles. The monoisotopic (exact) mass is 343 g/mol. The predicted molar refractivity (Wildman–Crippen MR) is 94.3 cm³/mol. The van der Waals surface area contributed by atoms with Gasteiger partial charge in [-0.25, -0.2) is 9.97 Å². The molecule has 0 bridgehead atoms. The van der Waals surface area contributed by atoms with E-state index < -0.39 is 0 Å². The van der Waals surface area contributed by atoms with Gasteiger partial charge in [-0.15, -0.1) is 0 Å². The van der Waals surface area contributed by atoms with Crippen LogP contribution < -0.4 is 10.6 Å². The topological polar surface area (TPSA) is 92.9 Å². The highest BCUT2D eigenvalue weighted by molar-refractivity contribution is 7.99. The van der Waals surface area contributed by atoms with Crippen molar-refractivity contribution in [3.05, 3.63) is 36.1 Å². The summed E-state index contributed by atoms with van der Waals surface area (Å²) in [5, 5.41) is 11.2. The van der Waals surface area contributed by atoms with Gasteiger partial charge in [0, 0.05) is 18.0 Å². The number of thioether (sulfide) groups is 1. The molecule has 2 heterocycles. The van der Waals surface area contributed by atoms with E-state index in [0.717, 1.165) is 23.3 Å². The number of nitrogens with zero attached hydrogens (tertiary/aromatic N) is 3. The quantitative estimate of drug-likeness (QED) is 0.525. The number of rotatable bonds is 6. The molecule has 0 aliphatic heterocycles. The van der Waals surface area contributed by atoms with Crippen LogP contribution in [0.25, 0.3) is 10.9 Å². The smallest absolute Gasteiger partial charge is 0.236 e. The second-order valence-electron chi connectivity index (χ2n) is 5.06. The minimum Gasteiger partial charge on any atom is -0.370 e. The number of aromatic nitrogens is 3. The number of benzene rings is 1. The minimum atomic E-state index is -0.185. The summed E-state index contributed by atoms with van der Waals surface area (Å²) in [5.41, 5.74) is 0.846. The molecule has 0 spiro atoms. The maximum Gasteiger partial charge on any atom is 0.236 e. The third-order valence-electron chi connectivity index (χ3n) is 3.15. The van der Waals surface area contributed by atoms with Crippen LogP contribution in [0.2, 0.25) is 0 Å². The van der Waals surface area contributed by atoms with Gasteiger partial charge in [-0.3, -0.25) is 4.79 Å². The van der Waals surface area contributed by atoms with Crippen LogP contribution in [-0.2, 0) is 4.79 Å². The highest BCUT2D eigenvalue weighted by Gasteiger charge is 2.11. The van der Waals surface area contributed by atoms with Crippen LogP contribution in [0.1, 0.15) is 12.7 Å².